The molecule has 0 spiro atoms. The van der Waals surface area contributed by atoms with Crippen molar-refractivity contribution in [2.45, 2.75) is 69.2 Å². The Hall–Kier alpha value is -1.40. The Kier molecular flexibility index (Phi) is 10.7. The molecule has 35 heavy (non-hydrogen) atoms. The Bertz CT molecular complexity index is 900. The van der Waals surface area contributed by atoms with Crippen molar-refractivity contribution < 1.29 is 27.1 Å². The van der Waals surface area contributed by atoms with Crippen molar-refractivity contribution >= 4 is 28.1 Å². The first-order valence-electron chi connectivity index (χ1n) is 12.1. The van der Waals surface area contributed by atoms with Gasteiger partial charge in [0.05, 0.1) is 25.9 Å². The standard InChI is InChI=1S/C24H38FN3O5S2/c1-17-14-22(26-35(31)27(2)12-13-34(4)30)23(28(17)24(29)32-3)16-33-21-10-8-18(9-11-21)19-6-5-7-20(25)15-19/h5-7,15,17-18,21-23,26H,8-14,16H2,1-4H3. The molecule has 2 aliphatic rings. The van der Waals surface area contributed by atoms with Crippen molar-refractivity contribution in [1.82, 2.24) is 13.9 Å². The third-order valence-electron chi connectivity index (χ3n) is 7.00. The topological polar surface area (TPSA) is 88.2 Å². The molecule has 1 aliphatic carbocycles. The third-order valence-corrected chi connectivity index (χ3v) is 9.01. The maximum Gasteiger partial charge on any atom is 0.410 e. The van der Waals surface area contributed by atoms with Gasteiger partial charge in [-0.15, -0.1) is 0 Å². The molecule has 5 atom stereocenters. The van der Waals surface area contributed by atoms with E-state index in [9.17, 15) is 17.6 Å². The van der Waals surface area contributed by atoms with Crippen molar-refractivity contribution in [3.8, 4) is 0 Å². The molecule has 0 radical (unpaired) electrons. The molecule has 8 nitrogen and oxygen atoms in total. The lowest BCUT2D eigenvalue weighted by Gasteiger charge is -2.33. The van der Waals surface area contributed by atoms with E-state index in [0.29, 0.717) is 31.2 Å². The summed E-state index contributed by atoms with van der Waals surface area (Å²) in [6.07, 6.45) is 5.45. The van der Waals surface area contributed by atoms with Crippen molar-refractivity contribution in [3.63, 3.8) is 0 Å². The summed E-state index contributed by atoms with van der Waals surface area (Å²) in [5.74, 6) is 0.557. The highest BCUT2D eigenvalue weighted by Crippen LogP contribution is 2.35. The number of nitrogens with one attached hydrogen (secondary N) is 1. The summed E-state index contributed by atoms with van der Waals surface area (Å²) >= 11 is -1.49. The van der Waals surface area contributed by atoms with Crippen molar-refractivity contribution in [1.29, 1.82) is 0 Å². The highest BCUT2D eigenvalue weighted by atomic mass is 32.2. The maximum absolute atomic E-state index is 13.6. The van der Waals surface area contributed by atoms with E-state index in [-0.39, 0.29) is 30.0 Å². The summed E-state index contributed by atoms with van der Waals surface area (Å²) in [4.78, 5) is 14.2. The van der Waals surface area contributed by atoms with E-state index < -0.39 is 28.1 Å². The normalized spacial score (nSPS) is 28.7. The Morgan fingerprint density at radius 2 is 1.97 bits per heavy atom. The van der Waals surface area contributed by atoms with Crippen LogP contribution in [0, 0.1) is 5.82 Å². The molecule has 1 aliphatic heterocycles. The molecule has 1 saturated heterocycles. The van der Waals surface area contributed by atoms with Crippen LogP contribution in [-0.4, -0.2) is 87.3 Å². The predicted octanol–water partition coefficient (Wildman–Crippen LogP) is 2.94. The Morgan fingerprint density at radius 3 is 2.60 bits per heavy atom. The van der Waals surface area contributed by atoms with E-state index in [1.54, 1.807) is 34.6 Å². The van der Waals surface area contributed by atoms with Gasteiger partial charge >= 0.3 is 6.09 Å². The first-order chi connectivity index (χ1) is 16.7. The van der Waals surface area contributed by atoms with Crippen LogP contribution in [0.15, 0.2) is 24.3 Å². The number of methoxy groups -OCH3 is 1. The van der Waals surface area contributed by atoms with Gasteiger partial charge in [0.25, 0.3) is 0 Å². The van der Waals surface area contributed by atoms with Gasteiger partial charge in [0.1, 0.15) is 5.82 Å². The molecule has 0 bridgehead atoms. The molecule has 1 amide bonds. The van der Waals surface area contributed by atoms with Crippen LogP contribution in [0.3, 0.4) is 0 Å². The number of hydrogen-bond acceptors (Lipinski definition) is 5. The van der Waals surface area contributed by atoms with Crippen LogP contribution in [0.4, 0.5) is 9.18 Å². The molecule has 5 unspecified atom stereocenters. The summed E-state index contributed by atoms with van der Waals surface area (Å²) in [5, 5.41) is 0. The van der Waals surface area contributed by atoms with Gasteiger partial charge in [0, 0.05) is 48.5 Å². The third kappa shape index (κ3) is 7.79. The van der Waals surface area contributed by atoms with Gasteiger partial charge < -0.3 is 9.47 Å². The smallest absolute Gasteiger partial charge is 0.410 e. The number of nitrogens with zero attached hydrogens (tertiary/aromatic N) is 2. The van der Waals surface area contributed by atoms with Gasteiger partial charge in [-0.2, -0.15) is 0 Å². The van der Waals surface area contributed by atoms with Crippen LogP contribution >= 0.6 is 0 Å². The lowest BCUT2D eigenvalue weighted by atomic mass is 9.82. The lowest BCUT2D eigenvalue weighted by molar-refractivity contribution is -0.00859. The number of ether oxygens (including phenoxy) is 2. The van der Waals surface area contributed by atoms with Crippen molar-refractivity contribution in [2.75, 3.05) is 39.3 Å². The second-order valence-electron chi connectivity index (χ2n) is 9.49. The number of halogens is 1. The molecule has 1 aromatic carbocycles. The summed E-state index contributed by atoms with van der Waals surface area (Å²) in [6.45, 7) is 2.69. The highest BCUT2D eigenvalue weighted by molar-refractivity contribution is 7.84. The number of amides is 1. The second-order valence-corrected chi connectivity index (χ2v) is 12.4. The minimum absolute atomic E-state index is 0.0589. The van der Waals surface area contributed by atoms with Gasteiger partial charge in [-0.3, -0.25) is 9.11 Å². The van der Waals surface area contributed by atoms with E-state index in [1.807, 2.05) is 13.0 Å². The Morgan fingerprint density at radius 1 is 1.26 bits per heavy atom. The van der Waals surface area contributed by atoms with Gasteiger partial charge in [-0.1, -0.05) is 12.1 Å². The molecular formula is C24H38FN3O5S2. The lowest BCUT2D eigenvalue weighted by Crippen LogP contribution is -2.51. The largest absolute Gasteiger partial charge is 0.453 e. The van der Waals surface area contributed by atoms with Crippen LogP contribution in [-0.2, 0) is 31.4 Å². The van der Waals surface area contributed by atoms with Crippen LogP contribution in [0.2, 0.25) is 0 Å². The fourth-order valence-electron chi connectivity index (χ4n) is 5.02. The summed E-state index contributed by atoms with van der Waals surface area (Å²) in [6, 6.07) is 6.17. The van der Waals surface area contributed by atoms with Crippen molar-refractivity contribution in [3.05, 3.63) is 35.6 Å². The molecule has 2 fully saturated rings. The van der Waals surface area contributed by atoms with Crippen LogP contribution in [0.1, 0.15) is 50.5 Å². The molecule has 1 N–H and O–H groups in total. The van der Waals surface area contributed by atoms with Crippen LogP contribution in [0.5, 0.6) is 0 Å². The predicted molar refractivity (Wildman–Crippen MR) is 136 cm³/mol. The zero-order valence-electron chi connectivity index (χ0n) is 21.0. The number of carbonyl (C=O) groups excluding carboxylic acids is 1. The van der Waals surface area contributed by atoms with Crippen molar-refractivity contribution in [2.24, 2.45) is 0 Å². The number of rotatable bonds is 10. The molecular weight excluding hydrogens is 493 g/mol. The number of carbonyl (C=O) groups is 1. The minimum atomic E-state index is -1.49. The van der Waals surface area contributed by atoms with Gasteiger partial charge in [-0.05, 0) is 62.6 Å². The van der Waals surface area contributed by atoms with E-state index in [0.717, 1.165) is 31.2 Å². The number of hydrogen-bond donors (Lipinski definition) is 1. The average molecular weight is 532 g/mol. The summed E-state index contributed by atoms with van der Waals surface area (Å²) in [5.41, 5.74) is 1.03. The molecule has 0 aromatic heterocycles. The Balaban J connectivity index is 1.58. The second kappa shape index (κ2) is 13.2. The first-order valence-corrected chi connectivity index (χ1v) is 15.0. The van der Waals surface area contributed by atoms with E-state index in [1.165, 1.54) is 13.2 Å². The van der Waals surface area contributed by atoms with Gasteiger partial charge in [0.2, 0.25) is 0 Å². The fraction of sp³-hybridized carbons (Fsp3) is 0.708. The average Bonchev–Trinajstić information content (AvgIpc) is 3.15. The molecule has 1 aromatic rings. The fourth-order valence-corrected chi connectivity index (χ4v) is 6.62. The molecule has 1 saturated carbocycles. The zero-order chi connectivity index (χ0) is 25.5. The maximum atomic E-state index is 13.6. The molecule has 3 rings (SSSR count). The number of likely N-dealkylation sites (tertiary alicyclic amines) is 1. The van der Waals surface area contributed by atoms with Gasteiger partial charge in [0.15, 0.2) is 11.2 Å². The summed E-state index contributed by atoms with van der Waals surface area (Å²) < 4.78 is 53.9. The Labute approximate surface area is 213 Å². The van der Waals surface area contributed by atoms with E-state index in [2.05, 4.69) is 4.72 Å². The molecule has 11 heteroatoms. The van der Waals surface area contributed by atoms with Gasteiger partial charge in [-0.25, -0.2) is 22.4 Å². The zero-order valence-corrected chi connectivity index (χ0v) is 22.6. The van der Waals surface area contributed by atoms with Crippen LogP contribution in [0.25, 0.3) is 0 Å². The minimum Gasteiger partial charge on any atom is -0.453 e. The first kappa shape index (κ1) is 28.2. The quantitative estimate of drug-likeness (QED) is 0.502. The van der Waals surface area contributed by atoms with Crippen LogP contribution < -0.4 is 4.72 Å². The monoisotopic (exact) mass is 531 g/mol. The van der Waals surface area contributed by atoms with E-state index >= 15 is 0 Å². The highest BCUT2D eigenvalue weighted by Gasteiger charge is 2.44. The molecule has 1 heterocycles. The summed E-state index contributed by atoms with van der Waals surface area (Å²) in [7, 11) is 2.11. The SMILES string of the molecule is COC(=O)N1C(C)CC(NS(=O)N(C)CCS(C)=O)C1COC1CCC(c2cccc(F)c2)CC1. The molecule has 198 valence electrons. The number of benzene rings is 1. The van der Waals surface area contributed by atoms with E-state index in [4.69, 9.17) is 9.47 Å².